The highest BCUT2D eigenvalue weighted by molar-refractivity contribution is 9.10. The van der Waals surface area contributed by atoms with Crippen LogP contribution in [0.2, 0.25) is 0 Å². The lowest BCUT2D eigenvalue weighted by atomic mass is 10.2. The number of nitrogens with one attached hydrogen (secondary N) is 1. The van der Waals surface area contributed by atoms with Gasteiger partial charge < -0.3 is 9.47 Å². The lowest BCUT2D eigenvalue weighted by molar-refractivity contribution is 0.0151. The Kier molecular flexibility index (Phi) is 6.85. The predicted octanol–water partition coefficient (Wildman–Crippen LogP) is 3.92. The number of rotatable bonds is 5. The van der Waals surface area contributed by atoms with E-state index in [0.717, 1.165) is 0 Å². The fourth-order valence-corrected chi connectivity index (χ4v) is 2.24. The number of nitriles is 1. The number of hydrogen-bond acceptors (Lipinski definition) is 5. The van der Waals surface area contributed by atoms with Crippen molar-refractivity contribution in [1.29, 1.82) is 5.26 Å². The Morgan fingerprint density at radius 2 is 2.13 bits per heavy atom. The topological polar surface area (TPSA) is 74.6 Å². The van der Waals surface area contributed by atoms with E-state index >= 15 is 0 Å². The lowest BCUT2D eigenvalue weighted by Crippen LogP contribution is -2.47. The molecule has 7 heteroatoms. The summed E-state index contributed by atoms with van der Waals surface area (Å²) < 4.78 is 11.2. The van der Waals surface area contributed by atoms with Gasteiger partial charge in [-0.2, -0.15) is 5.26 Å². The van der Waals surface area contributed by atoms with Gasteiger partial charge in [0.1, 0.15) is 11.7 Å². The Labute approximate surface area is 145 Å². The largest absolute Gasteiger partial charge is 0.442 e. The Morgan fingerprint density at radius 3 is 2.61 bits per heavy atom. The Hall–Kier alpha value is -1.78. The minimum atomic E-state index is -0.602. The summed E-state index contributed by atoms with van der Waals surface area (Å²) in [4.78, 5) is 12.4. The SMILES string of the molecule is COC[C@@H](C)N(Nc1ccc(C#N)c(Br)c1)C(=O)OC(C)(C)C. The fraction of sp³-hybridized carbons (Fsp3) is 0.500. The third-order valence-corrected chi connectivity index (χ3v) is 3.43. The molecule has 1 N–H and O–H groups in total. The molecule has 0 radical (unpaired) electrons. The molecule has 1 amide bonds. The second-order valence-corrected chi connectivity index (χ2v) is 6.93. The first-order chi connectivity index (χ1) is 10.7. The molecule has 0 bridgehead atoms. The Morgan fingerprint density at radius 1 is 1.48 bits per heavy atom. The van der Waals surface area contributed by atoms with E-state index < -0.39 is 11.7 Å². The molecule has 1 aromatic rings. The molecule has 0 aliphatic heterocycles. The van der Waals surface area contributed by atoms with E-state index in [9.17, 15) is 4.79 Å². The molecule has 23 heavy (non-hydrogen) atoms. The normalized spacial score (nSPS) is 12.2. The number of nitrogens with zero attached hydrogens (tertiary/aromatic N) is 2. The smallest absolute Gasteiger partial charge is 0.429 e. The number of hydrogen-bond donors (Lipinski definition) is 1. The zero-order valence-corrected chi connectivity index (χ0v) is 15.6. The van der Waals surface area contributed by atoms with Crippen LogP contribution in [0.15, 0.2) is 22.7 Å². The van der Waals surface area contributed by atoms with E-state index in [2.05, 4.69) is 27.4 Å². The minimum Gasteiger partial charge on any atom is -0.442 e. The van der Waals surface area contributed by atoms with Gasteiger partial charge in [0.15, 0.2) is 0 Å². The fourth-order valence-electron chi connectivity index (χ4n) is 1.78. The van der Waals surface area contributed by atoms with Gasteiger partial charge in [-0.1, -0.05) is 0 Å². The van der Waals surface area contributed by atoms with Gasteiger partial charge in [0.25, 0.3) is 0 Å². The molecular weight excluding hydrogens is 362 g/mol. The van der Waals surface area contributed by atoms with Gasteiger partial charge in [0, 0.05) is 11.6 Å². The summed E-state index contributed by atoms with van der Waals surface area (Å²) in [6.45, 7) is 7.62. The highest BCUT2D eigenvalue weighted by Gasteiger charge is 2.26. The number of hydrazine groups is 1. The minimum absolute atomic E-state index is 0.246. The van der Waals surface area contributed by atoms with Crippen LogP contribution in [0.3, 0.4) is 0 Å². The van der Waals surface area contributed by atoms with Crippen LogP contribution in [0.4, 0.5) is 10.5 Å². The Bertz CT molecular complexity index is 593. The molecule has 6 nitrogen and oxygen atoms in total. The van der Waals surface area contributed by atoms with Crippen molar-refractivity contribution in [3.63, 3.8) is 0 Å². The van der Waals surface area contributed by atoms with Crippen LogP contribution in [-0.2, 0) is 9.47 Å². The van der Waals surface area contributed by atoms with E-state index in [1.807, 2.05) is 27.7 Å². The summed E-state index contributed by atoms with van der Waals surface area (Å²) >= 11 is 3.33. The highest BCUT2D eigenvalue weighted by Crippen LogP contribution is 2.22. The molecule has 1 aromatic carbocycles. The lowest BCUT2D eigenvalue weighted by Gasteiger charge is -2.32. The van der Waals surface area contributed by atoms with E-state index in [1.165, 1.54) is 5.01 Å². The molecule has 0 spiro atoms. The van der Waals surface area contributed by atoms with Crippen molar-refractivity contribution in [2.24, 2.45) is 0 Å². The summed E-state index contributed by atoms with van der Waals surface area (Å²) in [7, 11) is 1.57. The quantitative estimate of drug-likeness (QED) is 0.779. The molecule has 0 aromatic heterocycles. The molecule has 1 atom stereocenters. The monoisotopic (exact) mass is 383 g/mol. The molecule has 0 heterocycles. The van der Waals surface area contributed by atoms with Crippen LogP contribution < -0.4 is 5.43 Å². The second kappa shape index (κ2) is 8.18. The summed E-state index contributed by atoms with van der Waals surface area (Å²) in [5.74, 6) is 0. The number of methoxy groups -OCH3 is 1. The van der Waals surface area contributed by atoms with Crippen LogP contribution in [0.1, 0.15) is 33.3 Å². The standard InChI is InChI=1S/C16H22BrN3O3/c1-11(10-22-5)20(15(21)23-16(2,3)4)19-13-7-6-12(9-18)14(17)8-13/h6-8,11,19H,10H2,1-5H3/t11-/m1/s1. The van der Waals surface area contributed by atoms with Gasteiger partial charge >= 0.3 is 6.09 Å². The third-order valence-electron chi connectivity index (χ3n) is 2.78. The van der Waals surface area contributed by atoms with Gasteiger partial charge in [-0.05, 0) is 61.8 Å². The molecule has 0 saturated heterocycles. The van der Waals surface area contributed by atoms with Gasteiger partial charge in [-0.3, -0.25) is 5.43 Å². The summed E-state index contributed by atoms with van der Waals surface area (Å²) in [5, 5.41) is 10.3. The van der Waals surface area contributed by atoms with Crippen molar-refractivity contribution in [2.45, 2.75) is 39.3 Å². The van der Waals surface area contributed by atoms with Crippen LogP contribution in [0, 0.1) is 11.3 Å². The second-order valence-electron chi connectivity index (χ2n) is 6.07. The molecule has 0 fully saturated rings. The van der Waals surface area contributed by atoms with Crippen molar-refractivity contribution in [1.82, 2.24) is 5.01 Å². The van der Waals surface area contributed by atoms with Crippen LogP contribution in [0.5, 0.6) is 0 Å². The maximum Gasteiger partial charge on any atom is 0.429 e. The molecule has 0 saturated carbocycles. The summed E-state index contributed by atoms with van der Waals surface area (Å²) in [6, 6.07) is 6.95. The van der Waals surface area contributed by atoms with Gasteiger partial charge in [-0.15, -0.1) is 0 Å². The van der Waals surface area contributed by atoms with E-state index in [1.54, 1.807) is 25.3 Å². The molecule has 1 rings (SSSR count). The number of ether oxygens (including phenoxy) is 2. The van der Waals surface area contributed by atoms with Crippen LogP contribution in [-0.4, -0.2) is 36.5 Å². The number of halogens is 1. The first-order valence-corrected chi connectivity index (χ1v) is 7.94. The number of amides is 1. The van der Waals surface area contributed by atoms with Crippen molar-refractivity contribution >= 4 is 27.7 Å². The predicted molar refractivity (Wildman–Crippen MR) is 91.9 cm³/mol. The van der Waals surface area contributed by atoms with Gasteiger partial charge in [-0.25, -0.2) is 9.80 Å². The van der Waals surface area contributed by atoms with Crippen molar-refractivity contribution in [3.8, 4) is 6.07 Å². The summed E-state index contributed by atoms with van der Waals surface area (Å²) in [6.07, 6.45) is -0.498. The van der Waals surface area contributed by atoms with E-state index in [0.29, 0.717) is 22.3 Å². The number of carbonyl (C=O) groups is 1. The van der Waals surface area contributed by atoms with Crippen LogP contribution in [0.25, 0.3) is 0 Å². The van der Waals surface area contributed by atoms with Crippen molar-refractivity contribution in [3.05, 3.63) is 28.2 Å². The Balaban J connectivity index is 2.99. The summed E-state index contributed by atoms with van der Waals surface area (Å²) in [5.41, 5.74) is 3.59. The van der Waals surface area contributed by atoms with E-state index in [-0.39, 0.29) is 6.04 Å². The average molecular weight is 384 g/mol. The number of anilines is 1. The highest BCUT2D eigenvalue weighted by atomic mass is 79.9. The molecular formula is C16H22BrN3O3. The van der Waals surface area contributed by atoms with Gasteiger partial charge in [0.2, 0.25) is 0 Å². The van der Waals surface area contributed by atoms with Crippen molar-refractivity contribution in [2.75, 3.05) is 19.1 Å². The first kappa shape index (κ1) is 19.3. The molecule has 0 aliphatic carbocycles. The molecule has 0 unspecified atom stereocenters. The zero-order chi connectivity index (χ0) is 17.6. The molecule has 0 aliphatic rings. The third kappa shape index (κ3) is 6.08. The first-order valence-electron chi connectivity index (χ1n) is 7.15. The number of carbonyl (C=O) groups excluding carboxylic acids is 1. The zero-order valence-electron chi connectivity index (χ0n) is 14.0. The molecule has 126 valence electrons. The number of benzene rings is 1. The van der Waals surface area contributed by atoms with Crippen molar-refractivity contribution < 1.29 is 14.3 Å². The van der Waals surface area contributed by atoms with Gasteiger partial charge in [0.05, 0.1) is 23.9 Å². The van der Waals surface area contributed by atoms with E-state index in [4.69, 9.17) is 14.7 Å². The maximum atomic E-state index is 12.4. The van der Waals surface area contributed by atoms with Crippen LogP contribution >= 0.6 is 15.9 Å². The average Bonchev–Trinajstić information content (AvgIpc) is 2.43. The maximum absolute atomic E-state index is 12.4.